The van der Waals surface area contributed by atoms with E-state index < -0.39 is 0 Å². The number of anilines is 1. The summed E-state index contributed by atoms with van der Waals surface area (Å²) in [5, 5.41) is 3.79. The van der Waals surface area contributed by atoms with Gasteiger partial charge in [-0.05, 0) is 37.3 Å². The number of pyridine rings is 1. The van der Waals surface area contributed by atoms with Crippen LogP contribution in [0.4, 0.5) is 5.82 Å². The predicted molar refractivity (Wildman–Crippen MR) is 97.9 cm³/mol. The molecule has 5 nitrogen and oxygen atoms in total. The van der Waals surface area contributed by atoms with E-state index in [0.717, 1.165) is 5.69 Å². The SMILES string of the molecule is Cc1cccc(NC(=O)CCc2ncc(-c3ccc(Cl)cc3Cl)o2)n1. The lowest BCUT2D eigenvalue weighted by molar-refractivity contribution is -0.116. The Labute approximate surface area is 155 Å². The van der Waals surface area contributed by atoms with E-state index in [1.54, 1.807) is 30.5 Å². The highest BCUT2D eigenvalue weighted by Gasteiger charge is 2.12. The molecule has 3 aromatic rings. The Morgan fingerprint density at radius 3 is 2.84 bits per heavy atom. The van der Waals surface area contributed by atoms with Crippen molar-refractivity contribution in [2.24, 2.45) is 0 Å². The van der Waals surface area contributed by atoms with E-state index in [4.69, 9.17) is 27.6 Å². The molecular formula is C18H15Cl2N3O2. The maximum Gasteiger partial charge on any atom is 0.226 e. The second-order valence-electron chi connectivity index (χ2n) is 5.45. The molecule has 0 aliphatic rings. The van der Waals surface area contributed by atoms with E-state index in [2.05, 4.69) is 15.3 Å². The lowest BCUT2D eigenvalue weighted by atomic mass is 10.2. The molecule has 1 aromatic carbocycles. The summed E-state index contributed by atoms with van der Waals surface area (Å²) in [4.78, 5) is 20.4. The highest BCUT2D eigenvalue weighted by Crippen LogP contribution is 2.30. The number of carbonyl (C=O) groups excluding carboxylic acids is 1. The molecule has 2 heterocycles. The summed E-state index contributed by atoms with van der Waals surface area (Å²) in [6.07, 6.45) is 2.21. The largest absolute Gasteiger partial charge is 0.441 e. The van der Waals surface area contributed by atoms with E-state index in [9.17, 15) is 4.79 Å². The monoisotopic (exact) mass is 375 g/mol. The third-order valence-corrected chi connectivity index (χ3v) is 4.02. The Bertz CT molecular complexity index is 909. The minimum absolute atomic E-state index is 0.151. The average Bonchev–Trinajstić information content (AvgIpc) is 3.01. The number of halogens is 2. The zero-order valence-corrected chi connectivity index (χ0v) is 14.9. The van der Waals surface area contributed by atoms with Gasteiger partial charge in [0.05, 0.1) is 11.2 Å². The summed E-state index contributed by atoms with van der Waals surface area (Å²) in [6, 6.07) is 10.6. The molecule has 0 atom stereocenters. The Morgan fingerprint density at radius 1 is 1.24 bits per heavy atom. The summed E-state index contributed by atoms with van der Waals surface area (Å²) in [5.41, 5.74) is 1.55. The van der Waals surface area contributed by atoms with Gasteiger partial charge in [-0.15, -0.1) is 0 Å². The molecule has 0 saturated carbocycles. The number of carbonyl (C=O) groups is 1. The Hall–Kier alpha value is -2.37. The van der Waals surface area contributed by atoms with E-state index in [1.165, 1.54) is 0 Å². The fourth-order valence-corrected chi connectivity index (χ4v) is 2.78. The van der Waals surface area contributed by atoms with Crippen LogP contribution in [0.3, 0.4) is 0 Å². The molecule has 0 aliphatic carbocycles. The molecular weight excluding hydrogens is 361 g/mol. The zero-order valence-electron chi connectivity index (χ0n) is 13.4. The lowest BCUT2D eigenvalue weighted by Crippen LogP contribution is -2.13. The summed E-state index contributed by atoms with van der Waals surface area (Å²) in [7, 11) is 0. The molecule has 3 rings (SSSR count). The first kappa shape index (κ1) is 17.5. The number of benzene rings is 1. The Morgan fingerprint density at radius 2 is 2.08 bits per heavy atom. The van der Waals surface area contributed by atoms with Gasteiger partial charge < -0.3 is 9.73 Å². The molecule has 0 saturated heterocycles. The first-order chi connectivity index (χ1) is 12.0. The number of aryl methyl sites for hydroxylation is 2. The van der Waals surface area contributed by atoms with Gasteiger partial charge >= 0.3 is 0 Å². The topological polar surface area (TPSA) is 68.0 Å². The van der Waals surface area contributed by atoms with Crippen LogP contribution in [-0.2, 0) is 11.2 Å². The van der Waals surface area contributed by atoms with E-state index in [-0.39, 0.29) is 12.3 Å². The minimum atomic E-state index is -0.151. The van der Waals surface area contributed by atoms with Crippen LogP contribution in [0.15, 0.2) is 47.0 Å². The molecule has 0 fully saturated rings. The summed E-state index contributed by atoms with van der Waals surface area (Å²) < 4.78 is 5.68. The van der Waals surface area contributed by atoms with Crippen LogP contribution in [0.5, 0.6) is 0 Å². The molecule has 0 aliphatic heterocycles. The number of nitrogens with one attached hydrogen (secondary N) is 1. The quantitative estimate of drug-likeness (QED) is 0.686. The number of hydrogen-bond donors (Lipinski definition) is 1. The fraction of sp³-hybridized carbons (Fsp3) is 0.167. The van der Waals surface area contributed by atoms with Crippen LogP contribution in [0, 0.1) is 6.92 Å². The fourth-order valence-electron chi connectivity index (χ4n) is 2.28. The van der Waals surface area contributed by atoms with Crippen molar-refractivity contribution >= 4 is 34.9 Å². The minimum Gasteiger partial charge on any atom is -0.441 e. The number of amides is 1. The number of oxazole rings is 1. The lowest BCUT2D eigenvalue weighted by Gasteiger charge is -2.04. The van der Waals surface area contributed by atoms with Crippen molar-refractivity contribution < 1.29 is 9.21 Å². The van der Waals surface area contributed by atoms with Gasteiger partial charge in [0.15, 0.2) is 11.7 Å². The van der Waals surface area contributed by atoms with Crippen molar-refractivity contribution in [1.29, 1.82) is 0 Å². The maximum absolute atomic E-state index is 12.0. The molecule has 1 N–H and O–H groups in total. The van der Waals surface area contributed by atoms with Gasteiger partial charge in [0.1, 0.15) is 5.82 Å². The van der Waals surface area contributed by atoms with Crippen molar-refractivity contribution in [3.63, 3.8) is 0 Å². The van der Waals surface area contributed by atoms with E-state index in [1.807, 2.05) is 19.1 Å². The normalized spacial score (nSPS) is 10.7. The molecule has 1 amide bonds. The van der Waals surface area contributed by atoms with Gasteiger partial charge in [-0.25, -0.2) is 9.97 Å². The summed E-state index contributed by atoms with van der Waals surface area (Å²) in [5.74, 6) is 1.39. The van der Waals surface area contributed by atoms with Crippen LogP contribution in [0.1, 0.15) is 18.0 Å². The molecule has 2 aromatic heterocycles. The van der Waals surface area contributed by atoms with Gasteiger partial charge in [0, 0.05) is 29.1 Å². The highest BCUT2D eigenvalue weighted by molar-refractivity contribution is 6.36. The Kier molecular flexibility index (Phi) is 5.36. The molecule has 0 unspecified atom stereocenters. The average molecular weight is 376 g/mol. The maximum atomic E-state index is 12.0. The van der Waals surface area contributed by atoms with Crippen LogP contribution in [-0.4, -0.2) is 15.9 Å². The first-order valence-electron chi connectivity index (χ1n) is 7.65. The molecule has 25 heavy (non-hydrogen) atoms. The first-order valence-corrected chi connectivity index (χ1v) is 8.40. The van der Waals surface area contributed by atoms with Crippen molar-refractivity contribution in [3.8, 4) is 11.3 Å². The van der Waals surface area contributed by atoms with Gasteiger partial charge in [0.25, 0.3) is 0 Å². The zero-order chi connectivity index (χ0) is 17.8. The predicted octanol–water partition coefficient (Wildman–Crippen LogP) is 4.92. The van der Waals surface area contributed by atoms with Crippen LogP contribution in [0.25, 0.3) is 11.3 Å². The number of aromatic nitrogens is 2. The van der Waals surface area contributed by atoms with Gasteiger partial charge in [-0.1, -0.05) is 29.3 Å². The second kappa shape index (κ2) is 7.68. The number of nitrogens with zero attached hydrogens (tertiary/aromatic N) is 2. The van der Waals surface area contributed by atoms with Crippen molar-refractivity contribution in [1.82, 2.24) is 9.97 Å². The smallest absolute Gasteiger partial charge is 0.226 e. The molecule has 0 radical (unpaired) electrons. The van der Waals surface area contributed by atoms with E-state index >= 15 is 0 Å². The van der Waals surface area contributed by atoms with Crippen LogP contribution < -0.4 is 5.32 Å². The standard InChI is InChI=1S/C18H15Cl2N3O2/c1-11-3-2-4-16(22-11)23-17(24)7-8-18-21-10-15(25-18)13-6-5-12(19)9-14(13)20/h2-6,9-10H,7-8H2,1H3,(H,22,23,24). The van der Waals surface area contributed by atoms with Crippen molar-refractivity contribution in [3.05, 3.63) is 64.2 Å². The highest BCUT2D eigenvalue weighted by atomic mass is 35.5. The van der Waals surface area contributed by atoms with Crippen LogP contribution in [0.2, 0.25) is 10.0 Å². The number of rotatable bonds is 5. The Balaban J connectivity index is 1.61. The van der Waals surface area contributed by atoms with Crippen molar-refractivity contribution in [2.75, 3.05) is 5.32 Å². The molecule has 128 valence electrons. The third-order valence-electron chi connectivity index (χ3n) is 3.47. The summed E-state index contributed by atoms with van der Waals surface area (Å²) in [6.45, 7) is 1.87. The summed E-state index contributed by atoms with van der Waals surface area (Å²) >= 11 is 12.1. The van der Waals surface area contributed by atoms with Gasteiger partial charge in [-0.3, -0.25) is 4.79 Å². The van der Waals surface area contributed by atoms with E-state index in [0.29, 0.717) is 39.5 Å². The van der Waals surface area contributed by atoms with Crippen LogP contribution >= 0.6 is 23.2 Å². The third kappa shape index (κ3) is 4.59. The van der Waals surface area contributed by atoms with Crippen molar-refractivity contribution in [2.45, 2.75) is 19.8 Å². The second-order valence-corrected chi connectivity index (χ2v) is 6.30. The molecule has 7 heteroatoms. The van der Waals surface area contributed by atoms with Gasteiger partial charge in [-0.2, -0.15) is 0 Å². The number of hydrogen-bond acceptors (Lipinski definition) is 4. The van der Waals surface area contributed by atoms with Gasteiger partial charge in [0.2, 0.25) is 5.91 Å². The molecule has 0 spiro atoms. The molecule has 0 bridgehead atoms.